The number of rotatable bonds is 2. The third kappa shape index (κ3) is 2.84. The Bertz CT molecular complexity index is 666. The average molecular weight is 298 g/mol. The standard InChI is InChI=1S/C17H22N4O/c1-12-3-5-14(6-4-12)21-16(18)11-15(19-21)17(22)20-9-7-13(2)8-10-20/h3-6,11,13H,7-10,18H2,1-2H3. The van der Waals surface area contributed by atoms with Crippen molar-refractivity contribution in [2.45, 2.75) is 26.7 Å². The van der Waals surface area contributed by atoms with Crippen LogP contribution in [-0.2, 0) is 0 Å². The molecule has 0 radical (unpaired) electrons. The van der Waals surface area contributed by atoms with Crippen molar-refractivity contribution in [1.29, 1.82) is 0 Å². The van der Waals surface area contributed by atoms with Gasteiger partial charge in [-0.3, -0.25) is 4.79 Å². The van der Waals surface area contributed by atoms with Gasteiger partial charge in [-0.2, -0.15) is 5.10 Å². The smallest absolute Gasteiger partial charge is 0.274 e. The molecule has 1 fully saturated rings. The predicted molar refractivity (Wildman–Crippen MR) is 87.0 cm³/mol. The third-order valence-corrected chi connectivity index (χ3v) is 4.31. The first-order valence-corrected chi connectivity index (χ1v) is 7.76. The Kier molecular flexibility index (Phi) is 3.88. The Morgan fingerprint density at radius 1 is 1.23 bits per heavy atom. The van der Waals surface area contributed by atoms with Crippen molar-refractivity contribution in [2.75, 3.05) is 18.8 Å². The number of benzene rings is 1. The van der Waals surface area contributed by atoms with Crippen molar-refractivity contribution in [1.82, 2.24) is 14.7 Å². The second-order valence-corrected chi connectivity index (χ2v) is 6.18. The molecule has 0 bridgehead atoms. The van der Waals surface area contributed by atoms with E-state index in [1.54, 1.807) is 10.7 Å². The number of nitrogens with zero attached hydrogens (tertiary/aromatic N) is 3. The van der Waals surface area contributed by atoms with Gasteiger partial charge in [0.1, 0.15) is 5.82 Å². The highest BCUT2D eigenvalue weighted by atomic mass is 16.2. The highest BCUT2D eigenvalue weighted by Gasteiger charge is 2.24. The van der Waals surface area contributed by atoms with Crippen molar-refractivity contribution in [3.63, 3.8) is 0 Å². The van der Waals surface area contributed by atoms with E-state index in [1.165, 1.54) is 5.56 Å². The summed E-state index contributed by atoms with van der Waals surface area (Å²) in [5, 5.41) is 4.40. The minimum atomic E-state index is -0.0236. The number of aromatic nitrogens is 2. The molecule has 0 saturated carbocycles. The van der Waals surface area contributed by atoms with Crippen LogP contribution < -0.4 is 5.73 Å². The van der Waals surface area contributed by atoms with E-state index in [0.717, 1.165) is 31.6 Å². The van der Waals surface area contributed by atoms with Gasteiger partial charge in [-0.25, -0.2) is 4.68 Å². The molecule has 5 nitrogen and oxygen atoms in total. The number of carbonyl (C=O) groups is 1. The van der Waals surface area contributed by atoms with Crippen molar-refractivity contribution in [3.05, 3.63) is 41.6 Å². The van der Waals surface area contributed by atoms with Gasteiger partial charge in [0.15, 0.2) is 5.69 Å². The molecule has 2 heterocycles. The van der Waals surface area contributed by atoms with Crippen LogP contribution in [0.4, 0.5) is 5.82 Å². The minimum absolute atomic E-state index is 0.0236. The number of amides is 1. The Balaban J connectivity index is 1.82. The first-order valence-electron chi connectivity index (χ1n) is 7.76. The highest BCUT2D eigenvalue weighted by Crippen LogP contribution is 2.20. The summed E-state index contributed by atoms with van der Waals surface area (Å²) in [6.45, 7) is 5.86. The fourth-order valence-corrected chi connectivity index (χ4v) is 2.77. The quantitative estimate of drug-likeness (QED) is 0.927. The number of nitrogen functional groups attached to an aromatic ring is 1. The summed E-state index contributed by atoms with van der Waals surface area (Å²) in [7, 11) is 0. The predicted octanol–water partition coefficient (Wildman–Crippen LogP) is 2.64. The van der Waals surface area contributed by atoms with Gasteiger partial charge in [0.25, 0.3) is 5.91 Å². The lowest BCUT2D eigenvalue weighted by Crippen LogP contribution is -2.38. The average Bonchev–Trinajstić information content (AvgIpc) is 2.90. The largest absolute Gasteiger partial charge is 0.384 e. The normalized spacial score (nSPS) is 16.0. The lowest BCUT2D eigenvalue weighted by Gasteiger charge is -2.29. The number of aryl methyl sites for hydroxylation is 1. The summed E-state index contributed by atoms with van der Waals surface area (Å²) in [6.07, 6.45) is 2.11. The summed E-state index contributed by atoms with van der Waals surface area (Å²) in [5.74, 6) is 1.15. The topological polar surface area (TPSA) is 64.2 Å². The van der Waals surface area contributed by atoms with Gasteiger partial charge in [-0.05, 0) is 37.8 Å². The van der Waals surface area contributed by atoms with Gasteiger partial charge >= 0.3 is 0 Å². The zero-order valence-corrected chi connectivity index (χ0v) is 13.1. The molecule has 5 heteroatoms. The Morgan fingerprint density at radius 2 is 1.86 bits per heavy atom. The molecule has 0 atom stereocenters. The second-order valence-electron chi connectivity index (χ2n) is 6.18. The van der Waals surface area contributed by atoms with Crippen LogP contribution in [0.15, 0.2) is 30.3 Å². The molecule has 0 aliphatic carbocycles. The molecule has 0 spiro atoms. The van der Waals surface area contributed by atoms with Crippen LogP contribution in [0.2, 0.25) is 0 Å². The molecule has 116 valence electrons. The SMILES string of the molecule is Cc1ccc(-n2nc(C(=O)N3CCC(C)CC3)cc2N)cc1. The van der Waals surface area contributed by atoms with E-state index in [9.17, 15) is 4.79 Å². The van der Waals surface area contributed by atoms with E-state index in [4.69, 9.17) is 5.73 Å². The van der Waals surface area contributed by atoms with Crippen LogP contribution in [0.3, 0.4) is 0 Å². The Morgan fingerprint density at radius 3 is 2.50 bits per heavy atom. The maximum Gasteiger partial charge on any atom is 0.274 e. The summed E-state index contributed by atoms with van der Waals surface area (Å²) in [6, 6.07) is 9.58. The molecule has 1 amide bonds. The molecule has 2 aromatic rings. The van der Waals surface area contributed by atoms with Crippen molar-refractivity contribution >= 4 is 11.7 Å². The number of likely N-dealkylation sites (tertiary alicyclic amines) is 1. The molecule has 1 aliphatic heterocycles. The van der Waals surface area contributed by atoms with Crippen LogP contribution in [0.1, 0.15) is 35.8 Å². The number of piperidine rings is 1. The number of carbonyl (C=O) groups excluding carboxylic acids is 1. The molecule has 1 aromatic heterocycles. The second kappa shape index (κ2) is 5.83. The fourth-order valence-electron chi connectivity index (χ4n) is 2.77. The number of hydrogen-bond donors (Lipinski definition) is 1. The maximum absolute atomic E-state index is 12.6. The van der Waals surface area contributed by atoms with E-state index < -0.39 is 0 Å². The van der Waals surface area contributed by atoms with E-state index in [1.807, 2.05) is 36.1 Å². The zero-order chi connectivity index (χ0) is 15.7. The summed E-state index contributed by atoms with van der Waals surface area (Å²) in [4.78, 5) is 14.4. The monoisotopic (exact) mass is 298 g/mol. The molecule has 1 aromatic carbocycles. The maximum atomic E-state index is 12.6. The molecule has 0 unspecified atom stereocenters. The van der Waals surface area contributed by atoms with Crippen LogP contribution in [-0.4, -0.2) is 33.7 Å². The Labute approximate surface area is 130 Å². The molecule has 2 N–H and O–H groups in total. The van der Waals surface area contributed by atoms with Gasteiger partial charge in [0.05, 0.1) is 5.69 Å². The van der Waals surface area contributed by atoms with Crippen LogP contribution in [0, 0.1) is 12.8 Å². The summed E-state index contributed by atoms with van der Waals surface area (Å²) in [5.41, 5.74) is 8.50. The van der Waals surface area contributed by atoms with Gasteiger partial charge in [0, 0.05) is 19.2 Å². The first-order chi connectivity index (χ1) is 10.5. The van der Waals surface area contributed by atoms with E-state index in [0.29, 0.717) is 17.4 Å². The third-order valence-electron chi connectivity index (χ3n) is 4.31. The lowest BCUT2D eigenvalue weighted by atomic mass is 9.99. The number of anilines is 1. The van der Waals surface area contributed by atoms with Crippen molar-refractivity contribution in [3.8, 4) is 5.69 Å². The molecule has 1 saturated heterocycles. The van der Waals surface area contributed by atoms with E-state index in [2.05, 4.69) is 12.0 Å². The van der Waals surface area contributed by atoms with Crippen molar-refractivity contribution < 1.29 is 4.79 Å². The first kappa shape index (κ1) is 14.6. The highest BCUT2D eigenvalue weighted by molar-refractivity contribution is 5.93. The molecule has 22 heavy (non-hydrogen) atoms. The summed E-state index contributed by atoms with van der Waals surface area (Å²) < 4.78 is 1.62. The van der Waals surface area contributed by atoms with Crippen LogP contribution in [0.5, 0.6) is 0 Å². The van der Waals surface area contributed by atoms with E-state index >= 15 is 0 Å². The molecule has 3 rings (SSSR count). The molecular formula is C17H22N4O. The summed E-state index contributed by atoms with van der Waals surface area (Å²) >= 11 is 0. The molecular weight excluding hydrogens is 276 g/mol. The van der Waals surface area contributed by atoms with E-state index in [-0.39, 0.29) is 5.91 Å². The van der Waals surface area contributed by atoms with Crippen LogP contribution in [0.25, 0.3) is 5.69 Å². The van der Waals surface area contributed by atoms with Crippen LogP contribution >= 0.6 is 0 Å². The van der Waals surface area contributed by atoms with Gasteiger partial charge in [-0.15, -0.1) is 0 Å². The van der Waals surface area contributed by atoms with Gasteiger partial charge < -0.3 is 10.6 Å². The number of nitrogens with two attached hydrogens (primary N) is 1. The zero-order valence-electron chi connectivity index (χ0n) is 13.1. The van der Waals surface area contributed by atoms with Gasteiger partial charge in [0.2, 0.25) is 0 Å². The van der Waals surface area contributed by atoms with Gasteiger partial charge in [-0.1, -0.05) is 24.6 Å². The van der Waals surface area contributed by atoms with Crippen molar-refractivity contribution in [2.24, 2.45) is 5.92 Å². The molecule has 1 aliphatic rings. The minimum Gasteiger partial charge on any atom is -0.384 e. The Hall–Kier alpha value is -2.30. The lowest BCUT2D eigenvalue weighted by molar-refractivity contribution is 0.0691. The fraction of sp³-hybridized carbons (Fsp3) is 0.412. The number of hydrogen-bond acceptors (Lipinski definition) is 3.